The number of hydrazone groups is 1. The van der Waals surface area contributed by atoms with E-state index in [1.807, 2.05) is 0 Å². The fraction of sp³-hybridized carbons (Fsp3) is 0.0833. The molecule has 1 N–H and O–H groups in total. The molecule has 4 aromatic rings. The molecule has 0 aliphatic carbocycles. The summed E-state index contributed by atoms with van der Waals surface area (Å²) in [6, 6.07) is 17.2. The molecule has 0 aliphatic heterocycles. The van der Waals surface area contributed by atoms with Crippen LogP contribution in [0.3, 0.4) is 0 Å². The van der Waals surface area contributed by atoms with Gasteiger partial charge in [0.05, 0.1) is 23.1 Å². The lowest BCUT2D eigenvalue weighted by molar-refractivity contribution is -0.384. The van der Waals surface area contributed by atoms with Crippen molar-refractivity contribution in [2.24, 2.45) is 5.10 Å². The molecule has 10 heteroatoms. The second kappa shape index (κ2) is 10.1. The van der Waals surface area contributed by atoms with Gasteiger partial charge < -0.3 is 9.47 Å². The van der Waals surface area contributed by atoms with Gasteiger partial charge in [0.15, 0.2) is 11.5 Å². The number of amides is 1. The minimum Gasteiger partial charge on any atom is -0.493 e. The molecule has 172 valence electrons. The summed E-state index contributed by atoms with van der Waals surface area (Å²) in [5, 5.41) is 15.5. The van der Waals surface area contributed by atoms with Crippen LogP contribution in [-0.2, 0) is 6.61 Å². The summed E-state index contributed by atoms with van der Waals surface area (Å²) in [4.78, 5) is 23.3. The molecule has 0 atom stereocenters. The summed E-state index contributed by atoms with van der Waals surface area (Å²) in [6.45, 7) is 0.248. The van der Waals surface area contributed by atoms with Gasteiger partial charge in [-0.05, 0) is 53.6 Å². The summed E-state index contributed by atoms with van der Waals surface area (Å²) in [5.41, 5.74) is 3.90. The van der Waals surface area contributed by atoms with Gasteiger partial charge in [-0.25, -0.2) is 9.82 Å². The maximum absolute atomic E-state index is 13.0. The second-order valence-corrected chi connectivity index (χ2v) is 8.20. The molecule has 0 saturated carbocycles. The van der Waals surface area contributed by atoms with Gasteiger partial charge in [-0.3, -0.25) is 14.9 Å². The van der Waals surface area contributed by atoms with Crippen LogP contribution in [0.25, 0.3) is 10.1 Å². The largest absolute Gasteiger partial charge is 0.493 e. The lowest BCUT2D eigenvalue weighted by Gasteiger charge is -2.11. The Balaban J connectivity index is 1.40. The van der Waals surface area contributed by atoms with Crippen molar-refractivity contribution in [2.75, 3.05) is 7.11 Å². The van der Waals surface area contributed by atoms with E-state index in [1.54, 1.807) is 42.5 Å². The summed E-state index contributed by atoms with van der Waals surface area (Å²) in [7, 11) is 1.51. The molecular formula is C24H18FN3O5S. The Bertz CT molecular complexity index is 1390. The van der Waals surface area contributed by atoms with Crippen LogP contribution in [0.4, 0.5) is 10.1 Å². The zero-order valence-electron chi connectivity index (χ0n) is 17.9. The van der Waals surface area contributed by atoms with Crippen LogP contribution in [0, 0.1) is 15.9 Å². The molecule has 0 radical (unpaired) electrons. The molecule has 1 aromatic heterocycles. The van der Waals surface area contributed by atoms with Crippen molar-refractivity contribution in [3.63, 3.8) is 0 Å². The van der Waals surface area contributed by atoms with Crippen LogP contribution < -0.4 is 14.9 Å². The average molecular weight is 479 g/mol. The standard InChI is InChI=1S/C24H18FN3O5S/c1-32-21-10-16(4-8-20(21)33-14-15-2-5-18(25)6-3-15)13-26-27-24(29)23-12-17-11-19(28(30)31)7-9-22(17)34-23/h2-13H,14H2,1H3,(H,27,29)/b26-13-. The second-order valence-electron chi connectivity index (χ2n) is 7.11. The van der Waals surface area contributed by atoms with Gasteiger partial charge in [-0.1, -0.05) is 12.1 Å². The van der Waals surface area contributed by atoms with E-state index in [0.29, 0.717) is 27.3 Å². The van der Waals surface area contributed by atoms with Crippen LogP contribution in [0.5, 0.6) is 11.5 Å². The van der Waals surface area contributed by atoms with E-state index in [2.05, 4.69) is 10.5 Å². The van der Waals surface area contributed by atoms with E-state index in [9.17, 15) is 19.3 Å². The Labute approximate surface area is 197 Å². The number of fused-ring (bicyclic) bond motifs is 1. The van der Waals surface area contributed by atoms with Crippen molar-refractivity contribution in [1.29, 1.82) is 0 Å². The number of halogens is 1. The predicted molar refractivity (Wildman–Crippen MR) is 127 cm³/mol. The highest BCUT2D eigenvalue weighted by Gasteiger charge is 2.13. The first-order valence-corrected chi connectivity index (χ1v) is 10.8. The zero-order chi connectivity index (χ0) is 24.1. The quantitative estimate of drug-likeness (QED) is 0.210. The molecule has 0 spiro atoms. The maximum Gasteiger partial charge on any atom is 0.281 e. The van der Waals surface area contributed by atoms with Crippen LogP contribution in [-0.4, -0.2) is 24.2 Å². The van der Waals surface area contributed by atoms with E-state index in [4.69, 9.17) is 9.47 Å². The molecule has 0 saturated heterocycles. The minimum absolute atomic E-state index is 0.0330. The zero-order valence-corrected chi connectivity index (χ0v) is 18.7. The SMILES string of the molecule is COc1cc(/C=N\NC(=O)c2cc3cc([N+](=O)[O-])ccc3s2)ccc1OCc1ccc(F)cc1. The molecule has 0 bridgehead atoms. The number of nitro benzene ring substituents is 1. The number of nitrogens with one attached hydrogen (secondary N) is 1. The number of ether oxygens (including phenoxy) is 2. The van der Waals surface area contributed by atoms with Crippen LogP contribution in [0.2, 0.25) is 0 Å². The molecule has 0 unspecified atom stereocenters. The van der Waals surface area contributed by atoms with E-state index < -0.39 is 10.8 Å². The maximum atomic E-state index is 13.0. The minimum atomic E-state index is -0.478. The van der Waals surface area contributed by atoms with Crippen LogP contribution in [0.1, 0.15) is 20.8 Å². The lowest BCUT2D eigenvalue weighted by Crippen LogP contribution is -2.16. The first kappa shape index (κ1) is 22.9. The van der Waals surface area contributed by atoms with Crippen molar-refractivity contribution in [3.8, 4) is 11.5 Å². The first-order chi connectivity index (χ1) is 16.4. The Morgan fingerprint density at radius 1 is 1.12 bits per heavy atom. The average Bonchev–Trinajstić information content (AvgIpc) is 3.27. The highest BCUT2D eigenvalue weighted by molar-refractivity contribution is 7.20. The van der Waals surface area contributed by atoms with Gasteiger partial charge in [0.25, 0.3) is 11.6 Å². The number of benzene rings is 3. The monoisotopic (exact) mass is 479 g/mol. The number of non-ortho nitro benzene ring substituents is 1. The Hall–Kier alpha value is -4.31. The van der Waals surface area contributed by atoms with Crippen molar-refractivity contribution in [2.45, 2.75) is 6.61 Å². The fourth-order valence-corrected chi connectivity index (χ4v) is 4.04. The fourth-order valence-electron chi connectivity index (χ4n) is 3.10. The summed E-state index contributed by atoms with van der Waals surface area (Å²) < 4.78 is 24.9. The van der Waals surface area contributed by atoms with Crippen LogP contribution in [0.15, 0.2) is 71.8 Å². The Kier molecular flexibility index (Phi) is 6.79. The third-order valence-electron chi connectivity index (χ3n) is 4.81. The van der Waals surface area contributed by atoms with Crippen molar-refractivity contribution in [1.82, 2.24) is 5.43 Å². The number of nitrogens with zero attached hydrogens (tertiary/aromatic N) is 2. The summed E-state index contributed by atoms with van der Waals surface area (Å²) in [6.07, 6.45) is 1.46. The number of hydrogen-bond donors (Lipinski definition) is 1. The molecule has 1 heterocycles. The number of carbonyl (C=O) groups is 1. The molecule has 8 nitrogen and oxygen atoms in total. The van der Waals surface area contributed by atoms with Crippen molar-refractivity contribution < 1.29 is 23.6 Å². The third kappa shape index (κ3) is 5.36. The van der Waals surface area contributed by atoms with Gasteiger partial charge in [-0.15, -0.1) is 11.3 Å². The van der Waals surface area contributed by atoms with Gasteiger partial charge in [-0.2, -0.15) is 5.10 Å². The van der Waals surface area contributed by atoms with E-state index in [1.165, 1.54) is 48.9 Å². The smallest absolute Gasteiger partial charge is 0.281 e. The van der Waals surface area contributed by atoms with E-state index in [-0.39, 0.29) is 18.1 Å². The highest BCUT2D eigenvalue weighted by Crippen LogP contribution is 2.30. The van der Waals surface area contributed by atoms with Crippen molar-refractivity contribution in [3.05, 3.63) is 98.7 Å². The van der Waals surface area contributed by atoms with Gasteiger partial charge >= 0.3 is 0 Å². The molecule has 4 rings (SSSR count). The lowest BCUT2D eigenvalue weighted by atomic mass is 10.2. The molecule has 0 aliphatic rings. The van der Waals surface area contributed by atoms with Crippen molar-refractivity contribution >= 4 is 39.2 Å². The van der Waals surface area contributed by atoms with Gasteiger partial charge in [0.1, 0.15) is 12.4 Å². The first-order valence-electron chi connectivity index (χ1n) is 9.99. The number of rotatable bonds is 8. The normalized spacial score (nSPS) is 11.0. The summed E-state index contributed by atoms with van der Waals surface area (Å²) in [5.74, 6) is 0.246. The molecular weight excluding hydrogens is 461 g/mol. The predicted octanol–water partition coefficient (Wildman–Crippen LogP) is 5.30. The van der Waals surface area contributed by atoms with Crippen LogP contribution >= 0.6 is 11.3 Å². The number of hydrogen-bond acceptors (Lipinski definition) is 7. The van der Waals surface area contributed by atoms with Gasteiger partial charge in [0, 0.05) is 22.2 Å². The molecule has 1 amide bonds. The topological polar surface area (TPSA) is 103 Å². The highest BCUT2D eigenvalue weighted by atomic mass is 32.1. The number of methoxy groups -OCH3 is 1. The summed E-state index contributed by atoms with van der Waals surface area (Å²) >= 11 is 1.22. The number of thiophene rings is 1. The third-order valence-corrected chi connectivity index (χ3v) is 5.92. The Morgan fingerprint density at radius 2 is 1.91 bits per heavy atom. The molecule has 3 aromatic carbocycles. The van der Waals surface area contributed by atoms with E-state index >= 15 is 0 Å². The molecule has 0 fully saturated rings. The number of carbonyl (C=O) groups excluding carboxylic acids is 1. The molecule has 34 heavy (non-hydrogen) atoms. The Morgan fingerprint density at radius 3 is 2.65 bits per heavy atom. The van der Waals surface area contributed by atoms with Gasteiger partial charge in [0.2, 0.25) is 0 Å². The number of nitro groups is 1. The van der Waals surface area contributed by atoms with E-state index in [0.717, 1.165) is 10.3 Å².